The zero-order valence-electron chi connectivity index (χ0n) is 16.2. The van der Waals surface area contributed by atoms with E-state index in [1.165, 1.54) is 0 Å². The van der Waals surface area contributed by atoms with E-state index in [0.717, 1.165) is 36.1 Å². The first-order chi connectivity index (χ1) is 12.3. The fourth-order valence-electron chi connectivity index (χ4n) is 4.23. The molecule has 5 nitrogen and oxygen atoms in total. The first-order valence-electron chi connectivity index (χ1n) is 9.60. The molecule has 1 atom stereocenters. The molecule has 2 fully saturated rings. The van der Waals surface area contributed by atoms with Gasteiger partial charge in [-0.15, -0.1) is 0 Å². The maximum atomic E-state index is 12.6. The molecule has 2 heterocycles. The Morgan fingerprint density at radius 3 is 2.69 bits per heavy atom. The second kappa shape index (κ2) is 7.57. The maximum Gasteiger partial charge on any atom is 0.222 e. The number of benzene rings is 1. The van der Waals surface area contributed by atoms with Crippen LogP contribution in [0.4, 0.5) is 0 Å². The van der Waals surface area contributed by atoms with Crippen LogP contribution >= 0.6 is 0 Å². The van der Waals surface area contributed by atoms with Gasteiger partial charge in [-0.05, 0) is 56.7 Å². The van der Waals surface area contributed by atoms with Crippen molar-refractivity contribution in [2.45, 2.75) is 63.6 Å². The van der Waals surface area contributed by atoms with Gasteiger partial charge < -0.3 is 19.5 Å². The zero-order valence-corrected chi connectivity index (χ0v) is 16.2. The predicted octanol–water partition coefficient (Wildman–Crippen LogP) is 2.86. The molecule has 1 aromatic carbocycles. The van der Waals surface area contributed by atoms with Crippen LogP contribution in [0, 0.1) is 6.92 Å². The first-order valence-corrected chi connectivity index (χ1v) is 9.60. The Labute approximate surface area is 156 Å². The van der Waals surface area contributed by atoms with Gasteiger partial charge in [0.25, 0.3) is 0 Å². The summed E-state index contributed by atoms with van der Waals surface area (Å²) in [6, 6.07) is 6.12. The quantitative estimate of drug-likeness (QED) is 0.896. The van der Waals surface area contributed by atoms with E-state index in [-0.39, 0.29) is 11.5 Å². The monoisotopic (exact) mass is 361 g/mol. The molecule has 26 heavy (non-hydrogen) atoms. The van der Waals surface area contributed by atoms with Gasteiger partial charge in [-0.25, -0.2) is 0 Å². The minimum atomic E-state index is -0.644. The summed E-state index contributed by atoms with van der Waals surface area (Å²) in [5.74, 6) is 1.07. The average molecular weight is 361 g/mol. The predicted molar refractivity (Wildman–Crippen MR) is 100 cm³/mol. The smallest absolute Gasteiger partial charge is 0.222 e. The van der Waals surface area contributed by atoms with Crippen LogP contribution in [-0.2, 0) is 16.0 Å². The highest BCUT2D eigenvalue weighted by Crippen LogP contribution is 2.39. The largest absolute Gasteiger partial charge is 0.496 e. The van der Waals surface area contributed by atoms with Crippen LogP contribution in [0.25, 0.3) is 0 Å². The third-order valence-electron chi connectivity index (χ3n) is 5.88. The van der Waals surface area contributed by atoms with Crippen LogP contribution in [0.5, 0.6) is 5.75 Å². The van der Waals surface area contributed by atoms with Gasteiger partial charge in [0, 0.05) is 25.9 Å². The van der Waals surface area contributed by atoms with Gasteiger partial charge in [0.15, 0.2) is 0 Å². The van der Waals surface area contributed by atoms with Crippen LogP contribution in [0.1, 0.15) is 50.2 Å². The lowest BCUT2D eigenvalue weighted by Crippen LogP contribution is -2.54. The van der Waals surface area contributed by atoms with Crippen molar-refractivity contribution in [2.75, 3.05) is 26.8 Å². The van der Waals surface area contributed by atoms with Gasteiger partial charge in [-0.1, -0.05) is 12.1 Å². The van der Waals surface area contributed by atoms with Gasteiger partial charge in [0.1, 0.15) is 5.75 Å². The molecule has 144 valence electrons. The maximum absolute atomic E-state index is 12.6. The molecule has 1 spiro atoms. The number of rotatable bonds is 4. The summed E-state index contributed by atoms with van der Waals surface area (Å²) in [6.07, 6.45) is 4.23. The Morgan fingerprint density at radius 1 is 1.31 bits per heavy atom. The van der Waals surface area contributed by atoms with E-state index in [1.54, 1.807) is 7.11 Å². The molecule has 0 aromatic heterocycles. The molecular weight excluding hydrogens is 330 g/mol. The second-order valence-corrected chi connectivity index (χ2v) is 8.14. The van der Waals surface area contributed by atoms with E-state index < -0.39 is 5.60 Å². The fraction of sp³-hybridized carbons (Fsp3) is 0.667. The first kappa shape index (κ1) is 19.2. The summed E-state index contributed by atoms with van der Waals surface area (Å²) < 4.78 is 11.4. The standard InChI is InChI=1S/C21H31NO4/c1-16-4-5-17(14-18(16)25-3)6-7-19(23)22-11-8-21(9-12-22)15-20(2,24)10-13-26-21/h4-5,14,24H,6-13,15H2,1-3H3. The minimum Gasteiger partial charge on any atom is -0.496 e. The van der Waals surface area contributed by atoms with Crippen molar-refractivity contribution < 1.29 is 19.4 Å². The molecule has 1 unspecified atom stereocenters. The number of nitrogens with zero attached hydrogens (tertiary/aromatic N) is 1. The van der Waals surface area contributed by atoms with Crippen LogP contribution in [0.15, 0.2) is 18.2 Å². The summed E-state index contributed by atoms with van der Waals surface area (Å²) in [5, 5.41) is 10.4. The molecule has 0 bridgehead atoms. The van der Waals surface area contributed by atoms with Gasteiger partial charge in [0.2, 0.25) is 5.91 Å². The Morgan fingerprint density at radius 2 is 2.04 bits per heavy atom. The molecule has 2 aliphatic rings. The SMILES string of the molecule is COc1cc(CCC(=O)N2CCC3(CC2)CC(C)(O)CCO3)ccc1C. The number of ether oxygens (including phenoxy) is 2. The van der Waals surface area contributed by atoms with Crippen molar-refractivity contribution >= 4 is 5.91 Å². The highest BCUT2D eigenvalue weighted by Gasteiger charge is 2.44. The molecule has 1 N–H and O–H groups in total. The number of piperidine rings is 1. The van der Waals surface area contributed by atoms with Crippen LogP contribution in [-0.4, -0.2) is 53.9 Å². The summed E-state index contributed by atoms with van der Waals surface area (Å²) in [6.45, 7) is 5.95. The number of likely N-dealkylation sites (tertiary alicyclic amines) is 1. The fourth-order valence-corrected chi connectivity index (χ4v) is 4.23. The van der Waals surface area contributed by atoms with Crippen molar-refractivity contribution in [1.82, 2.24) is 4.90 Å². The molecule has 2 saturated heterocycles. The molecule has 1 amide bonds. The normalized spacial score (nSPS) is 25.3. The number of hydrogen-bond acceptors (Lipinski definition) is 4. The van der Waals surface area contributed by atoms with E-state index in [0.29, 0.717) is 39.0 Å². The van der Waals surface area contributed by atoms with Crippen molar-refractivity contribution in [3.05, 3.63) is 29.3 Å². The van der Waals surface area contributed by atoms with Crippen molar-refractivity contribution in [1.29, 1.82) is 0 Å². The summed E-state index contributed by atoms with van der Waals surface area (Å²) in [7, 11) is 1.67. The van der Waals surface area contributed by atoms with Crippen molar-refractivity contribution in [2.24, 2.45) is 0 Å². The van der Waals surface area contributed by atoms with Gasteiger partial charge in [0.05, 0.1) is 24.9 Å². The van der Waals surface area contributed by atoms with E-state index in [2.05, 4.69) is 6.07 Å². The molecule has 5 heteroatoms. The summed E-state index contributed by atoms with van der Waals surface area (Å²) >= 11 is 0. The molecule has 0 radical (unpaired) electrons. The minimum absolute atomic E-state index is 0.196. The molecule has 0 saturated carbocycles. The lowest BCUT2D eigenvalue weighted by atomic mass is 9.78. The number of methoxy groups -OCH3 is 1. The number of aryl methyl sites for hydroxylation is 2. The van der Waals surface area contributed by atoms with Crippen LogP contribution in [0.3, 0.4) is 0 Å². The molecule has 0 aliphatic carbocycles. The molecular formula is C21H31NO4. The number of carbonyl (C=O) groups is 1. The van der Waals surface area contributed by atoms with Gasteiger partial charge in [-0.2, -0.15) is 0 Å². The Hall–Kier alpha value is -1.59. The average Bonchev–Trinajstić information content (AvgIpc) is 2.60. The van der Waals surface area contributed by atoms with Crippen molar-refractivity contribution in [3.8, 4) is 5.75 Å². The van der Waals surface area contributed by atoms with E-state index in [9.17, 15) is 9.90 Å². The lowest BCUT2D eigenvalue weighted by Gasteiger charge is -2.48. The summed E-state index contributed by atoms with van der Waals surface area (Å²) in [5.41, 5.74) is 1.34. The van der Waals surface area contributed by atoms with E-state index in [4.69, 9.17) is 9.47 Å². The van der Waals surface area contributed by atoms with Crippen LogP contribution < -0.4 is 4.74 Å². The number of carbonyl (C=O) groups excluding carboxylic acids is 1. The highest BCUT2D eigenvalue weighted by molar-refractivity contribution is 5.76. The van der Waals surface area contributed by atoms with E-state index >= 15 is 0 Å². The molecule has 1 aromatic rings. The zero-order chi connectivity index (χ0) is 18.8. The van der Waals surface area contributed by atoms with Gasteiger partial charge >= 0.3 is 0 Å². The lowest BCUT2D eigenvalue weighted by molar-refractivity contribution is -0.175. The molecule has 2 aliphatic heterocycles. The topological polar surface area (TPSA) is 59.0 Å². The number of amides is 1. The Balaban J connectivity index is 1.51. The Bertz CT molecular complexity index is 647. The second-order valence-electron chi connectivity index (χ2n) is 8.14. The number of aliphatic hydroxyl groups is 1. The van der Waals surface area contributed by atoms with Crippen LogP contribution in [0.2, 0.25) is 0 Å². The van der Waals surface area contributed by atoms with E-state index in [1.807, 2.05) is 30.9 Å². The third kappa shape index (κ3) is 4.38. The molecule has 3 rings (SSSR count). The van der Waals surface area contributed by atoms with Crippen molar-refractivity contribution in [3.63, 3.8) is 0 Å². The van der Waals surface area contributed by atoms with Gasteiger partial charge in [-0.3, -0.25) is 4.79 Å². The number of hydrogen-bond donors (Lipinski definition) is 1. The third-order valence-corrected chi connectivity index (χ3v) is 5.88. The summed E-state index contributed by atoms with van der Waals surface area (Å²) in [4.78, 5) is 14.5. The Kier molecular flexibility index (Phi) is 5.58. The highest BCUT2D eigenvalue weighted by atomic mass is 16.5.